The topological polar surface area (TPSA) is 74.5 Å². The van der Waals surface area contributed by atoms with Crippen molar-refractivity contribution < 1.29 is 9.90 Å². The summed E-state index contributed by atoms with van der Waals surface area (Å²) < 4.78 is 1.67. The third-order valence-corrected chi connectivity index (χ3v) is 10.5. The highest BCUT2D eigenvalue weighted by molar-refractivity contribution is 5.89. The molecule has 1 N–H and O–H groups in total. The molecular weight excluding hydrogens is 570 g/mol. The Hall–Kier alpha value is -3.97. The lowest BCUT2D eigenvalue weighted by Gasteiger charge is -2.33. The highest BCUT2D eigenvalue weighted by atomic mass is 16.4. The lowest BCUT2D eigenvalue weighted by atomic mass is 9.85. The largest absolute Gasteiger partial charge is 0.478 e. The number of nitrogens with zero attached hydrogens (tertiary/aromatic N) is 5. The number of aryl methyl sites for hydroxylation is 1. The molecule has 0 amide bonds. The van der Waals surface area contributed by atoms with E-state index in [-0.39, 0.29) is 11.0 Å². The number of fused-ring (bicyclic) bond motifs is 1. The van der Waals surface area contributed by atoms with E-state index in [1.54, 1.807) is 10.2 Å². The van der Waals surface area contributed by atoms with Crippen LogP contribution in [0.25, 0.3) is 17.1 Å². The molecule has 4 heterocycles. The Labute approximate surface area is 273 Å². The fourth-order valence-electron chi connectivity index (χ4n) is 7.97. The zero-order valence-corrected chi connectivity index (χ0v) is 27.8. The van der Waals surface area contributed by atoms with Crippen molar-refractivity contribution in [2.45, 2.75) is 84.1 Å². The van der Waals surface area contributed by atoms with E-state index < -0.39 is 5.97 Å². The molecule has 0 unspecified atom stereocenters. The monoisotopic (exact) mass is 617 g/mol. The first-order valence-corrected chi connectivity index (χ1v) is 17.3. The Morgan fingerprint density at radius 3 is 2.48 bits per heavy atom. The van der Waals surface area contributed by atoms with E-state index in [2.05, 4.69) is 78.1 Å². The highest BCUT2D eigenvalue weighted by Gasteiger charge is 2.37. The van der Waals surface area contributed by atoms with Crippen molar-refractivity contribution in [2.75, 3.05) is 31.1 Å². The maximum absolute atomic E-state index is 11.8. The molecule has 2 fully saturated rings. The van der Waals surface area contributed by atoms with Gasteiger partial charge in [-0.3, -0.25) is 0 Å². The number of piperidine rings is 1. The maximum Gasteiger partial charge on any atom is 0.339 e. The Balaban J connectivity index is 1.17. The van der Waals surface area contributed by atoms with Crippen LogP contribution in [0.15, 0.2) is 60.8 Å². The van der Waals surface area contributed by atoms with E-state index in [1.165, 1.54) is 73.9 Å². The van der Waals surface area contributed by atoms with Gasteiger partial charge in [-0.05, 0) is 97.8 Å². The Kier molecular flexibility index (Phi) is 8.22. The van der Waals surface area contributed by atoms with Gasteiger partial charge in [-0.15, -0.1) is 0 Å². The van der Waals surface area contributed by atoms with Crippen LogP contribution in [0.2, 0.25) is 0 Å². The minimum absolute atomic E-state index is 0.00132. The molecule has 46 heavy (non-hydrogen) atoms. The van der Waals surface area contributed by atoms with Gasteiger partial charge < -0.3 is 14.9 Å². The summed E-state index contributed by atoms with van der Waals surface area (Å²) in [5.74, 6) is 1.31. The first kappa shape index (κ1) is 30.7. The average Bonchev–Trinajstić information content (AvgIpc) is 3.70. The van der Waals surface area contributed by atoms with Gasteiger partial charge in [-0.25, -0.2) is 14.5 Å². The van der Waals surface area contributed by atoms with Crippen molar-refractivity contribution in [1.29, 1.82) is 0 Å². The number of likely N-dealkylation sites (tertiary alicyclic amines) is 1. The van der Waals surface area contributed by atoms with Gasteiger partial charge in [0.15, 0.2) is 5.82 Å². The zero-order chi connectivity index (χ0) is 32.0. The number of rotatable bonds is 10. The van der Waals surface area contributed by atoms with Crippen molar-refractivity contribution in [3.05, 3.63) is 94.3 Å². The Bertz CT molecular complexity index is 1750. The van der Waals surface area contributed by atoms with Crippen LogP contribution in [0.5, 0.6) is 0 Å². The predicted molar refractivity (Wildman–Crippen MR) is 184 cm³/mol. The van der Waals surface area contributed by atoms with Crippen molar-refractivity contribution in [3.63, 3.8) is 0 Å². The average molecular weight is 618 g/mol. The first-order valence-electron chi connectivity index (χ1n) is 17.3. The molecule has 1 aliphatic carbocycles. The van der Waals surface area contributed by atoms with E-state index in [0.29, 0.717) is 23.9 Å². The molecule has 1 saturated carbocycles. The number of anilines is 1. The summed E-state index contributed by atoms with van der Waals surface area (Å²) in [6.45, 7) is 14.5. The van der Waals surface area contributed by atoms with E-state index in [0.717, 1.165) is 36.7 Å². The number of pyridine rings is 1. The number of hydrogen-bond donors (Lipinski definition) is 1. The molecule has 3 aliphatic rings. The fourth-order valence-corrected chi connectivity index (χ4v) is 7.97. The van der Waals surface area contributed by atoms with Crippen molar-refractivity contribution in [2.24, 2.45) is 5.92 Å². The molecule has 2 aliphatic heterocycles. The van der Waals surface area contributed by atoms with Gasteiger partial charge in [0.25, 0.3) is 0 Å². The van der Waals surface area contributed by atoms with E-state index in [1.807, 2.05) is 19.1 Å². The van der Waals surface area contributed by atoms with Crippen molar-refractivity contribution in [3.8, 4) is 17.1 Å². The minimum Gasteiger partial charge on any atom is -0.478 e. The van der Waals surface area contributed by atoms with Crippen LogP contribution in [-0.2, 0) is 24.8 Å². The van der Waals surface area contributed by atoms with E-state index in [4.69, 9.17) is 4.98 Å². The Morgan fingerprint density at radius 2 is 1.76 bits per heavy atom. The molecule has 0 atom stereocenters. The van der Waals surface area contributed by atoms with Crippen molar-refractivity contribution in [1.82, 2.24) is 19.7 Å². The second-order valence-corrected chi connectivity index (χ2v) is 14.3. The number of carboxylic acid groups (broad SMARTS) is 1. The number of aromatic carboxylic acids is 1. The highest BCUT2D eigenvalue weighted by Crippen LogP contribution is 2.46. The molecular formula is C39H47N5O2. The Morgan fingerprint density at radius 1 is 0.978 bits per heavy atom. The van der Waals surface area contributed by atoms with Crippen LogP contribution in [0, 0.1) is 5.92 Å². The molecule has 4 aromatic rings. The second-order valence-electron chi connectivity index (χ2n) is 14.3. The summed E-state index contributed by atoms with van der Waals surface area (Å²) in [5, 5.41) is 14.1. The summed E-state index contributed by atoms with van der Waals surface area (Å²) in [7, 11) is 0. The van der Waals surface area contributed by atoms with Crippen LogP contribution in [-0.4, -0.2) is 56.9 Å². The number of aromatic nitrogens is 3. The van der Waals surface area contributed by atoms with Gasteiger partial charge >= 0.3 is 5.97 Å². The third-order valence-electron chi connectivity index (χ3n) is 10.5. The molecule has 240 valence electrons. The lowest BCUT2D eigenvalue weighted by Crippen LogP contribution is -2.34. The summed E-state index contributed by atoms with van der Waals surface area (Å²) in [6, 6.07) is 19.8. The number of para-hydroxylation sites is 1. The second kappa shape index (κ2) is 12.3. The molecule has 0 bridgehead atoms. The normalized spacial score (nSPS) is 18.2. The molecule has 0 radical (unpaired) electrons. The summed E-state index contributed by atoms with van der Waals surface area (Å²) in [6.07, 6.45) is 8.46. The number of carbonyl (C=O) groups is 1. The molecule has 7 rings (SSSR count). The quantitative estimate of drug-likeness (QED) is 0.197. The minimum atomic E-state index is -0.966. The SMILES string of the molecule is CCc1cc(CN2CC(C)(C)c3cccc(-c4cccc(-n5ncc(C(=O)O)c5CC)n4)c32)ccc1C1CCN(CC2CC2)CC1. The van der Waals surface area contributed by atoms with Gasteiger partial charge in [0.05, 0.1) is 23.3 Å². The standard InChI is InChI=1S/C39H47N5O2/c1-5-28-21-27(15-16-30(28)29-17-19-42(20-18-29)23-26-13-14-26)24-43-25-39(3,4)33-10-7-9-31(37(33)43)34-11-8-12-36(41-34)44-35(6-2)32(22-40-44)38(45)46/h7-12,15-16,21-22,26,29H,5-6,13-14,17-20,23-25H2,1-4H3,(H,45,46). The van der Waals surface area contributed by atoms with E-state index >= 15 is 0 Å². The number of hydrogen-bond acceptors (Lipinski definition) is 5. The van der Waals surface area contributed by atoms with Gasteiger partial charge in [0.2, 0.25) is 0 Å². The molecule has 2 aromatic heterocycles. The smallest absolute Gasteiger partial charge is 0.339 e. The molecule has 7 heteroatoms. The van der Waals surface area contributed by atoms with Crippen LogP contribution in [0.3, 0.4) is 0 Å². The molecule has 1 saturated heterocycles. The van der Waals surface area contributed by atoms with Crippen LogP contribution in [0.4, 0.5) is 5.69 Å². The van der Waals surface area contributed by atoms with Crippen molar-refractivity contribution >= 4 is 11.7 Å². The number of benzene rings is 2. The van der Waals surface area contributed by atoms with Gasteiger partial charge in [0.1, 0.15) is 5.56 Å². The summed E-state index contributed by atoms with van der Waals surface area (Å²) >= 11 is 0. The van der Waals surface area contributed by atoms with E-state index in [9.17, 15) is 9.90 Å². The van der Waals surface area contributed by atoms with Crippen LogP contribution in [0.1, 0.15) is 97.6 Å². The molecule has 2 aromatic carbocycles. The molecule has 7 nitrogen and oxygen atoms in total. The predicted octanol–water partition coefficient (Wildman–Crippen LogP) is 7.64. The first-order chi connectivity index (χ1) is 22.3. The molecule has 0 spiro atoms. The summed E-state index contributed by atoms with van der Waals surface area (Å²) in [4.78, 5) is 22.1. The zero-order valence-electron chi connectivity index (χ0n) is 27.8. The lowest BCUT2D eigenvalue weighted by molar-refractivity contribution is 0.0695. The fraction of sp³-hybridized carbons (Fsp3) is 0.462. The van der Waals surface area contributed by atoms with Crippen LogP contribution >= 0.6 is 0 Å². The third kappa shape index (κ3) is 5.86. The van der Waals surface area contributed by atoms with Gasteiger partial charge in [-0.2, -0.15) is 5.10 Å². The number of carboxylic acids is 1. The van der Waals surface area contributed by atoms with Gasteiger partial charge in [-0.1, -0.05) is 70.2 Å². The maximum atomic E-state index is 11.8. The summed E-state index contributed by atoms with van der Waals surface area (Å²) in [5.41, 5.74) is 9.84. The van der Waals surface area contributed by atoms with Crippen LogP contribution < -0.4 is 4.90 Å². The van der Waals surface area contributed by atoms with Gasteiger partial charge in [0, 0.05) is 30.6 Å².